The Morgan fingerprint density at radius 3 is 2.43 bits per heavy atom. The van der Waals surface area contributed by atoms with Gasteiger partial charge in [0.15, 0.2) is 0 Å². The first-order chi connectivity index (χ1) is 10.8. The van der Waals surface area contributed by atoms with Crippen LogP contribution in [0.1, 0.15) is 66.2 Å². The summed E-state index contributed by atoms with van der Waals surface area (Å²) < 4.78 is 6.03. The summed E-state index contributed by atoms with van der Waals surface area (Å²) in [4.78, 5) is 0. The fraction of sp³-hybridized carbons (Fsp3) is 0.895. The van der Waals surface area contributed by atoms with E-state index in [1.807, 2.05) is 20.8 Å². The van der Waals surface area contributed by atoms with Crippen LogP contribution >= 0.6 is 0 Å². The van der Waals surface area contributed by atoms with Gasteiger partial charge in [-0.2, -0.15) is 0 Å². The topological polar surface area (TPSA) is 69.9 Å². The molecule has 23 heavy (non-hydrogen) atoms. The lowest BCUT2D eigenvalue weighted by Crippen LogP contribution is -2.27. The van der Waals surface area contributed by atoms with Crippen molar-refractivity contribution in [3.8, 4) is 11.8 Å². The van der Waals surface area contributed by atoms with Crippen LogP contribution in [0.5, 0.6) is 0 Å². The minimum absolute atomic E-state index is 0.00501. The third kappa shape index (κ3) is 7.22. The highest BCUT2D eigenvalue weighted by Gasteiger charge is 2.40. The molecular formula is C19H34O4. The van der Waals surface area contributed by atoms with Crippen molar-refractivity contribution in [1.82, 2.24) is 0 Å². The fourth-order valence-corrected chi connectivity index (χ4v) is 3.17. The zero-order valence-corrected chi connectivity index (χ0v) is 15.1. The molecule has 134 valence electrons. The second-order valence-corrected chi connectivity index (χ2v) is 7.58. The van der Waals surface area contributed by atoms with Gasteiger partial charge in [0.05, 0.1) is 23.7 Å². The van der Waals surface area contributed by atoms with E-state index in [2.05, 4.69) is 18.8 Å². The SMILES string of the molecule is CCCCC[C@@H](C#C[C@H]1[C@H](CCO)[C@H](O)C[C@@H]1O)OC(C)(C)C. The highest BCUT2D eigenvalue weighted by molar-refractivity contribution is 5.15. The molecule has 4 nitrogen and oxygen atoms in total. The largest absolute Gasteiger partial charge is 0.396 e. The molecule has 0 bridgehead atoms. The Labute approximate surface area is 141 Å². The molecule has 5 atom stereocenters. The quantitative estimate of drug-likeness (QED) is 0.496. The van der Waals surface area contributed by atoms with Crippen LogP contribution in [0.4, 0.5) is 0 Å². The van der Waals surface area contributed by atoms with Crippen molar-refractivity contribution in [3.05, 3.63) is 0 Å². The molecule has 0 saturated heterocycles. The summed E-state index contributed by atoms with van der Waals surface area (Å²) in [7, 11) is 0. The molecule has 1 aliphatic rings. The number of unbranched alkanes of at least 4 members (excludes halogenated alkanes) is 2. The predicted octanol–water partition coefficient (Wildman–Crippen LogP) is 2.49. The van der Waals surface area contributed by atoms with Crippen LogP contribution in [-0.2, 0) is 4.74 Å². The standard InChI is InChI=1S/C19H34O4/c1-5-6-7-8-14(23-19(2,3)4)9-10-15-16(11-12-20)18(22)13-17(15)21/h14-18,20-22H,5-8,11-13H2,1-4H3/t14-,15-,16-,17-,18+/m0/s1. The second-order valence-electron chi connectivity index (χ2n) is 7.58. The number of rotatable bonds is 7. The molecule has 0 amide bonds. The first-order valence-corrected chi connectivity index (χ1v) is 8.94. The van der Waals surface area contributed by atoms with Crippen molar-refractivity contribution in [2.45, 2.75) is 90.1 Å². The zero-order chi connectivity index (χ0) is 17.5. The van der Waals surface area contributed by atoms with Crippen LogP contribution in [0.25, 0.3) is 0 Å². The molecule has 1 fully saturated rings. The maximum absolute atomic E-state index is 10.1. The van der Waals surface area contributed by atoms with Gasteiger partial charge in [-0.25, -0.2) is 0 Å². The number of hydrogen-bond donors (Lipinski definition) is 3. The third-order valence-electron chi connectivity index (χ3n) is 4.29. The minimum Gasteiger partial charge on any atom is -0.396 e. The molecule has 1 rings (SSSR count). The van der Waals surface area contributed by atoms with Gasteiger partial charge in [-0.05, 0) is 40.0 Å². The average Bonchev–Trinajstić information content (AvgIpc) is 2.70. The summed E-state index contributed by atoms with van der Waals surface area (Å²) in [6.07, 6.45) is 3.71. The molecule has 0 aromatic heterocycles. The van der Waals surface area contributed by atoms with Gasteiger partial charge in [0, 0.05) is 18.9 Å². The van der Waals surface area contributed by atoms with Gasteiger partial charge in [-0.15, -0.1) is 0 Å². The van der Waals surface area contributed by atoms with E-state index in [0.29, 0.717) is 12.8 Å². The highest BCUT2D eigenvalue weighted by Crippen LogP contribution is 2.34. The van der Waals surface area contributed by atoms with Crippen molar-refractivity contribution >= 4 is 0 Å². The number of hydrogen-bond acceptors (Lipinski definition) is 4. The lowest BCUT2D eigenvalue weighted by atomic mass is 9.91. The molecule has 0 aromatic rings. The highest BCUT2D eigenvalue weighted by atomic mass is 16.5. The summed E-state index contributed by atoms with van der Waals surface area (Å²) in [6, 6.07) is 0. The van der Waals surface area contributed by atoms with E-state index in [4.69, 9.17) is 9.84 Å². The predicted molar refractivity (Wildman–Crippen MR) is 91.9 cm³/mol. The van der Waals surface area contributed by atoms with E-state index >= 15 is 0 Å². The first-order valence-electron chi connectivity index (χ1n) is 8.94. The van der Waals surface area contributed by atoms with Gasteiger partial charge in [0.2, 0.25) is 0 Å². The van der Waals surface area contributed by atoms with Crippen molar-refractivity contribution < 1.29 is 20.1 Å². The first kappa shape index (κ1) is 20.4. The van der Waals surface area contributed by atoms with Crippen molar-refractivity contribution in [1.29, 1.82) is 0 Å². The van der Waals surface area contributed by atoms with Gasteiger partial charge in [0.1, 0.15) is 6.10 Å². The Balaban J connectivity index is 2.78. The molecule has 0 spiro atoms. The molecule has 0 radical (unpaired) electrons. The summed E-state index contributed by atoms with van der Waals surface area (Å²) in [6.45, 7) is 8.23. The fourth-order valence-electron chi connectivity index (χ4n) is 3.17. The Kier molecular flexibility index (Phi) is 8.57. The van der Waals surface area contributed by atoms with Crippen LogP contribution in [0.3, 0.4) is 0 Å². The van der Waals surface area contributed by atoms with Crippen LogP contribution in [0.15, 0.2) is 0 Å². The van der Waals surface area contributed by atoms with Crippen LogP contribution < -0.4 is 0 Å². The average molecular weight is 326 g/mol. The van der Waals surface area contributed by atoms with Crippen LogP contribution in [-0.4, -0.2) is 45.8 Å². The Morgan fingerprint density at radius 1 is 1.17 bits per heavy atom. The molecule has 4 heteroatoms. The maximum Gasteiger partial charge on any atom is 0.118 e. The molecule has 1 aliphatic carbocycles. The van der Waals surface area contributed by atoms with E-state index in [-0.39, 0.29) is 30.1 Å². The van der Waals surface area contributed by atoms with E-state index in [1.165, 1.54) is 0 Å². The van der Waals surface area contributed by atoms with Gasteiger partial charge in [-0.1, -0.05) is 31.6 Å². The maximum atomic E-state index is 10.1. The molecule has 3 N–H and O–H groups in total. The number of aliphatic hydroxyl groups is 3. The van der Waals surface area contributed by atoms with E-state index in [0.717, 1.165) is 25.7 Å². The second kappa shape index (κ2) is 9.64. The molecule has 0 unspecified atom stereocenters. The minimum atomic E-state index is -0.625. The van der Waals surface area contributed by atoms with E-state index < -0.39 is 12.2 Å². The molecule has 1 saturated carbocycles. The Bertz CT molecular complexity index is 390. The monoisotopic (exact) mass is 326 g/mol. The molecule has 0 heterocycles. The summed E-state index contributed by atoms with van der Waals surface area (Å²) in [5.41, 5.74) is -0.260. The Hall–Kier alpha value is -0.600. The third-order valence-corrected chi connectivity index (χ3v) is 4.29. The van der Waals surface area contributed by atoms with Crippen LogP contribution in [0.2, 0.25) is 0 Å². The zero-order valence-electron chi connectivity index (χ0n) is 15.1. The summed E-state index contributed by atoms with van der Waals surface area (Å²) in [5, 5.41) is 29.3. The lowest BCUT2D eigenvalue weighted by molar-refractivity contribution is -0.0375. The molecule has 0 aliphatic heterocycles. The molecule has 0 aromatic carbocycles. The van der Waals surface area contributed by atoms with E-state index in [1.54, 1.807) is 0 Å². The van der Waals surface area contributed by atoms with Gasteiger partial charge in [0.25, 0.3) is 0 Å². The Morgan fingerprint density at radius 2 is 1.87 bits per heavy atom. The van der Waals surface area contributed by atoms with Crippen LogP contribution in [0, 0.1) is 23.7 Å². The van der Waals surface area contributed by atoms with Crippen molar-refractivity contribution in [3.63, 3.8) is 0 Å². The number of aliphatic hydroxyl groups excluding tert-OH is 3. The van der Waals surface area contributed by atoms with Gasteiger partial charge >= 0.3 is 0 Å². The van der Waals surface area contributed by atoms with Crippen molar-refractivity contribution in [2.75, 3.05) is 6.61 Å². The summed E-state index contributed by atoms with van der Waals surface area (Å²) >= 11 is 0. The van der Waals surface area contributed by atoms with Gasteiger partial charge in [-0.3, -0.25) is 0 Å². The normalized spacial score (nSPS) is 29.2. The summed E-state index contributed by atoms with van der Waals surface area (Å²) in [5.74, 6) is 5.90. The molecular weight excluding hydrogens is 292 g/mol. The van der Waals surface area contributed by atoms with Gasteiger partial charge < -0.3 is 20.1 Å². The lowest BCUT2D eigenvalue weighted by Gasteiger charge is -2.25. The van der Waals surface area contributed by atoms with Crippen molar-refractivity contribution in [2.24, 2.45) is 11.8 Å². The smallest absolute Gasteiger partial charge is 0.118 e. The number of ether oxygens (including phenoxy) is 1. The van der Waals surface area contributed by atoms with E-state index in [9.17, 15) is 10.2 Å².